The highest BCUT2D eigenvalue weighted by Crippen LogP contribution is 2.37. The highest BCUT2D eigenvalue weighted by atomic mass is 35.5. The van der Waals surface area contributed by atoms with Crippen molar-refractivity contribution in [2.75, 3.05) is 0 Å². The van der Waals surface area contributed by atoms with Gasteiger partial charge < -0.3 is 0 Å². The van der Waals surface area contributed by atoms with Crippen LogP contribution in [0.5, 0.6) is 0 Å². The molecule has 2 aliphatic carbocycles. The molecule has 0 amide bonds. The van der Waals surface area contributed by atoms with Crippen molar-refractivity contribution in [1.82, 2.24) is 0 Å². The van der Waals surface area contributed by atoms with Gasteiger partial charge in [-0.05, 0) is 79.7 Å². The third-order valence-corrected chi connectivity index (χ3v) is 7.57. The van der Waals surface area contributed by atoms with Crippen LogP contribution < -0.4 is 0 Å². The van der Waals surface area contributed by atoms with E-state index in [0.717, 1.165) is 34.3 Å². The Labute approximate surface area is 184 Å². The van der Waals surface area contributed by atoms with E-state index < -0.39 is 0 Å². The second-order valence-corrected chi connectivity index (χ2v) is 9.96. The van der Waals surface area contributed by atoms with Crippen LogP contribution in [0.15, 0.2) is 36.4 Å². The summed E-state index contributed by atoms with van der Waals surface area (Å²) in [6, 6.07) is 7.75. The number of hydrogen-bond acceptors (Lipinski definition) is 0. The van der Waals surface area contributed by atoms with Crippen molar-refractivity contribution in [3.8, 4) is 11.8 Å². The number of rotatable bonds is 7. The molecule has 1 aromatic rings. The first kappa shape index (κ1) is 22.5. The normalized spacial score (nSPS) is 27.5. The third-order valence-electron chi connectivity index (χ3n) is 7.32. The van der Waals surface area contributed by atoms with Gasteiger partial charge in [-0.1, -0.05) is 94.2 Å². The predicted octanol–water partition coefficient (Wildman–Crippen LogP) is 8.83. The van der Waals surface area contributed by atoms with Crippen LogP contribution in [0.1, 0.15) is 96.0 Å². The summed E-state index contributed by atoms with van der Waals surface area (Å²) in [4.78, 5) is 0. The summed E-state index contributed by atoms with van der Waals surface area (Å²) in [5.74, 6) is 10.2. The van der Waals surface area contributed by atoms with Crippen molar-refractivity contribution < 1.29 is 0 Å². The lowest BCUT2D eigenvalue weighted by Gasteiger charge is -2.31. The Morgan fingerprint density at radius 3 is 1.97 bits per heavy atom. The molecular formula is C28H39Cl. The molecule has 0 spiro atoms. The van der Waals surface area contributed by atoms with E-state index in [1.165, 1.54) is 83.5 Å². The molecule has 0 heterocycles. The Morgan fingerprint density at radius 2 is 1.38 bits per heavy atom. The fourth-order valence-electron chi connectivity index (χ4n) is 5.28. The van der Waals surface area contributed by atoms with Crippen molar-refractivity contribution >= 4 is 11.6 Å². The van der Waals surface area contributed by atoms with Gasteiger partial charge in [-0.25, -0.2) is 0 Å². The summed E-state index contributed by atoms with van der Waals surface area (Å²) in [5.41, 5.74) is 1.03. The maximum absolute atomic E-state index is 5.91. The van der Waals surface area contributed by atoms with Gasteiger partial charge in [-0.15, -0.1) is 0 Å². The Bertz CT molecular complexity index is 659. The quantitative estimate of drug-likeness (QED) is 0.393. The first-order valence-electron chi connectivity index (χ1n) is 12.2. The topological polar surface area (TPSA) is 0 Å². The molecule has 29 heavy (non-hydrogen) atoms. The largest absolute Gasteiger partial charge is 0.0843 e. The van der Waals surface area contributed by atoms with Crippen LogP contribution in [0.2, 0.25) is 5.02 Å². The average molecular weight is 411 g/mol. The second-order valence-electron chi connectivity index (χ2n) is 9.52. The summed E-state index contributed by atoms with van der Waals surface area (Å²) in [6.07, 6.45) is 23.3. The zero-order chi connectivity index (χ0) is 20.3. The van der Waals surface area contributed by atoms with E-state index in [1.54, 1.807) is 0 Å². The van der Waals surface area contributed by atoms with E-state index >= 15 is 0 Å². The summed E-state index contributed by atoms with van der Waals surface area (Å²) in [5, 5.41) is 0.766. The number of unbranched alkanes of at least 4 members (excludes halogenated alkanes) is 1. The van der Waals surface area contributed by atoms with Crippen LogP contribution in [0, 0.1) is 35.5 Å². The Hall–Kier alpha value is -1.19. The summed E-state index contributed by atoms with van der Waals surface area (Å²) >= 11 is 5.91. The lowest BCUT2D eigenvalue weighted by molar-refractivity contribution is 0.220. The van der Waals surface area contributed by atoms with Gasteiger partial charge in [0.1, 0.15) is 0 Å². The monoisotopic (exact) mass is 410 g/mol. The van der Waals surface area contributed by atoms with Crippen molar-refractivity contribution in [2.45, 2.75) is 90.4 Å². The first-order chi connectivity index (χ1) is 14.2. The van der Waals surface area contributed by atoms with E-state index in [9.17, 15) is 0 Å². The van der Waals surface area contributed by atoms with E-state index in [4.69, 9.17) is 11.6 Å². The molecular weight excluding hydrogens is 372 g/mol. The average Bonchev–Trinajstić information content (AvgIpc) is 2.76. The molecule has 1 aromatic carbocycles. The summed E-state index contributed by atoms with van der Waals surface area (Å²) in [6.45, 7) is 2.32. The van der Waals surface area contributed by atoms with Crippen molar-refractivity contribution in [1.29, 1.82) is 0 Å². The van der Waals surface area contributed by atoms with Crippen LogP contribution in [-0.4, -0.2) is 0 Å². The smallest absolute Gasteiger partial charge is 0.0406 e. The van der Waals surface area contributed by atoms with Gasteiger partial charge in [0.2, 0.25) is 0 Å². The first-order valence-corrected chi connectivity index (χ1v) is 12.5. The van der Waals surface area contributed by atoms with Gasteiger partial charge in [0.05, 0.1) is 0 Å². The molecule has 0 nitrogen and oxygen atoms in total. The SMILES string of the molecule is CCCC[C@H]1CC[C@H](CCC2CCC(/C=C/C#Cc3ccc(Cl)cc3)CC2)CC1. The van der Waals surface area contributed by atoms with Gasteiger partial charge in [0.25, 0.3) is 0 Å². The molecule has 0 aliphatic heterocycles. The van der Waals surface area contributed by atoms with Gasteiger partial charge >= 0.3 is 0 Å². The van der Waals surface area contributed by atoms with E-state index in [-0.39, 0.29) is 0 Å². The van der Waals surface area contributed by atoms with Crippen molar-refractivity contribution in [2.24, 2.45) is 23.7 Å². The lowest BCUT2D eigenvalue weighted by Crippen LogP contribution is -2.17. The molecule has 0 atom stereocenters. The molecule has 2 fully saturated rings. The van der Waals surface area contributed by atoms with E-state index in [1.807, 2.05) is 24.3 Å². The predicted molar refractivity (Wildman–Crippen MR) is 127 cm³/mol. The minimum Gasteiger partial charge on any atom is -0.0843 e. The standard InChI is InChI=1S/C28H39Cl/c1-2-3-6-23-9-13-26(14-10-23)17-18-27-15-11-24(12-16-27)7-4-5-8-25-19-21-28(29)22-20-25/h4,7,19-24,26-27H,2-3,6,9-18H2,1H3/b7-4+/t23-,24?,26-,27?. The maximum atomic E-state index is 5.91. The summed E-state index contributed by atoms with van der Waals surface area (Å²) < 4.78 is 0. The second kappa shape index (κ2) is 12.5. The molecule has 158 valence electrons. The highest BCUT2D eigenvalue weighted by Gasteiger charge is 2.23. The highest BCUT2D eigenvalue weighted by molar-refractivity contribution is 6.30. The minimum absolute atomic E-state index is 0.736. The van der Waals surface area contributed by atoms with Crippen LogP contribution in [0.4, 0.5) is 0 Å². The number of allylic oxidation sites excluding steroid dienone is 2. The molecule has 0 unspecified atom stereocenters. The molecule has 2 saturated carbocycles. The van der Waals surface area contributed by atoms with Gasteiger partial charge in [0.15, 0.2) is 0 Å². The summed E-state index contributed by atoms with van der Waals surface area (Å²) in [7, 11) is 0. The van der Waals surface area contributed by atoms with E-state index in [2.05, 4.69) is 30.9 Å². The molecule has 0 N–H and O–H groups in total. The fraction of sp³-hybridized carbons (Fsp3) is 0.643. The Morgan fingerprint density at radius 1 is 0.828 bits per heavy atom. The molecule has 2 aliphatic rings. The van der Waals surface area contributed by atoms with Crippen LogP contribution in [0.3, 0.4) is 0 Å². The van der Waals surface area contributed by atoms with Crippen LogP contribution in [-0.2, 0) is 0 Å². The maximum Gasteiger partial charge on any atom is 0.0406 e. The van der Waals surface area contributed by atoms with Crippen LogP contribution in [0.25, 0.3) is 0 Å². The molecule has 0 radical (unpaired) electrons. The molecule has 0 aromatic heterocycles. The molecule has 3 rings (SSSR count). The Balaban J connectivity index is 1.29. The lowest BCUT2D eigenvalue weighted by atomic mass is 9.75. The van der Waals surface area contributed by atoms with Crippen molar-refractivity contribution in [3.63, 3.8) is 0 Å². The number of hydrogen-bond donors (Lipinski definition) is 0. The molecule has 0 bridgehead atoms. The molecule has 0 saturated heterocycles. The van der Waals surface area contributed by atoms with Crippen molar-refractivity contribution in [3.05, 3.63) is 47.0 Å². The fourth-order valence-corrected chi connectivity index (χ4v) is 5.41. The van der Waals surface area contributed by atoms with E-state index in [0.29, 0.717) is 0 Å². The minimum atomic E-state index is 0.736. The zero-order valence-electron chi connectivity index (χ0n) is 18.3. The number of halogens is 1. The van der Waals surface area contributed by atoms with Gasteiger partial charge in [-0.3, -0.25) is 0 Å². The zero-order valence-corrected chi connectivity index (χ0v) is 19.1. The van der Waals surface area contributed by atoms with Crippen LogP contribution >= 0.6 is 11.6 Å². The van der Waals surface area contributed by atoms with Gasteiger partial charge in [0, 0.05) is 10.6 Å². The third kappa shape index (κ3) is 8.22. The number of benzene rings is 1. The van der Waals surface area contributed by atoms with Gasteiger partial charge in [-0.2, -0.15) is 0 Å². The Kier molecular flexibility index (Phi) is 9.69. The molecule has 1 heteroatoms.